The number of hydrogen-bond acceptors (Lipinski definition) is 8. The molecule has 6 atom stereocenters. The van der Waals surface area contributed by atoms with Crippen molar-refractivity contribution in [3.8, 4) is 11.5 Å². The maximum Gasteiger partial charge on any atom is 0.303 e. The highest BCUT2D eigenvalue weighted by Crippen LogP contribution is 2.36. The van der Waals surface area contributed by atoms with E-state index >= 15 is 0 Å². The van der Waals surface area contributed by atoms with Crippen molar-refractivity contribution in [3.63, 3.8) is 0 Å². The normalized spacial score (nSPS) is 30.8. The van der Waals surface area contributed by atoms with Gasteiger partial charge in [-0.1, -0.05) is 30.3 Å². The number of ether oxygens (including phenoxy) is 6. The van der Waals surface area contributed by atoms with Crippen molar-refractivity contribution in [3.05, 3.63) is 60.2 Å². The highest BCUT2D eigenvalue weighted by molar-refractivity contribution is 5.66. The van der Waals surface area contributed by atoms with Crippen LogP contribution in [0.3, 0.4) is 0 Å². The molecule has 1 N–H and O–H groups in total. The van der Waals surface area contributed by atoms with Crippen LogP contribution < -0.4 is 9.47 Å². The first-order valence-electron chi connectivity index (χ1n) is 9.68. The first-order valence-corrected chi connectivity index (χ1v) is 9.68. The number of benzene rings is 2. The Morgan fingerprint density at radius 2 is 1.73 bits per heavy atom. The van der Waals surface area contributed by atoms with Gasteiger partial charge in [0.1, 0.15) is 23.7 Å². The minimum absolute atomic E-state index is 0.192. The molecule has 0 bridgehead atoms. The molecule has 0 aromatic heterocycles. The van der Waals surface area contributed by atoms with Crippen LogP contribution >= 0.6 is 0 Å². The number of methoxy groups -OCH3 is 1. The van der Waals surface area contributed by atoms with Gasteiger partial charge in [0.2, 0.25) is 6.29 Å². The molecule has 0 radical (unpaired) electrons. The molecule has 8 heteroatoms. The van der Waals surface area contributed by atoms with E-state index in [0.717, 1.165) is 5.56 Å². The molecule has 0 saturated carbocycles. The third kappa shape index (κ3) is 4.41. The van der Waals surface area contributed by atoms with E-state index < -0.39 is 43.0 Å². The Kier molecular flexibility index (Phi) is 6.19. The molecular formula is C22H24O8. The summed E-state index contributed by atoms with van der Waals surface area (Å²) in [6, 6.07) is 16.3. The van der Waals surface area contributed by atoms with Crippen LogP contribution in [-0.2, 0) is 23.7 Å². The molecule has 2 saturated heterocycles. The van der Waals surface area contributed by atoms with Crippen molar-refractivity contribution < 1.29 is 38.3 Å². The molecule has 2 aliphatic heterocycles. The molecule has 2 aromatic rings. The largest absolute Gasteiger partial charge is 0.497 e. The first-order chi connectivity index (χ1) is 14.5. The summed E-state index contributed by atoms with van der Waals surface area (Å²) >= 11 is 0. The van der Waals surface area contributed by atoms with Crippen LogP contribution in [0.5, 0.6) is 11.5 Å². The van der Waals surface area contributed by atoms with Crippen LogP contribution in [0.25, 0.3) is 0 Å². The van der Waals surface area contributed by atoms with Crippen molar-refractivity contribution in [2.75, 3.05) is 13.7 Å². The Balaban J connectivity index is 1.52. The third-order valence-corrected chi connectivity index (χ3v) is 4.99. The number of carbonyl (C=O) groups excluding carboxylic acids is 1. The Morgan fingerprint density at radius 1 is 1.03 bits per heavy atom. The van der Waals surface area contributed by atoms with Gasteiger partial charge >= 0.3 is 5.97 Å². The van der Waals surface area contributed by atoms with E-state index in [1.807, 2.05) is 30.3 Å². The molecule has 2 heterocycles. The standard InChI is InChI=1S/C22H24O8/c1-13(23)27-20-18(24)22(28-16-10-8-15(25-2)9-11-16)29-17-12-26-21(30-19(17)20)14-6-4-3-5-7-14/h3-11,17-22,24H,12H2,1-2H3/t17?,18?,19-,20+,21?,22+/m0/s1. The van der Waals surface area contributed by atoms with Crippen molar-refractivity contribution in [1.29, 1.82) is 0 Å². The minimum Gasteiger partial charge on any atom is -0.497 e. The maximum atomic E-state index is 11.7. The molecule has 3 unspecified atom stereocenters. The van der Waals surface area contributed by atoms with Crippen LogP contribution in [-0.4, -0.2) is 55.5 Å². The Morgan fingerprint density at radius 3 is 2.40 bits per heavy atom. The molecule has 160 valence electrons. The summed E-state index contributed by atoms with van der Waals surface area (Å²) in [6.07, 6.45) is -5.24. The number of carbonyl (C=O) groups is 1. The fourth-order valence-electron chi connectivity index (χ4n) is 3.55. The van der Waals surface area contributed by atoms with Gasteiger partial charge in [-0.25, -0.2) is 0 Å². The minimum atomic E-state index is -1.26. The zero-order chi connectivity index (χ0) is 21.1. The van der Waals surface area contributed by atoms with Gasteiger partial charge in [-0.3, -0.25) is 4.79 Å². The Labute approximate surface area is 174 Å². The van der Waals surface area contributed by atoms with Crippen LogP contribution in [0.15, 0.2) is 54.6 Å². The van der Waals surface area contributed by atoms with E-state index in [2.05, 4.69) is 0 Å². The summed E-state index contributed by atoms with van der Waals surface area (Å²) in [5.74, 6) is 0.611. The fourth-order valence-corrected chi connectivity index (χ4v) is 3.55. The zero-order valence-corrected chi connectivity index (χ0v) is 16.7. The molecule has 0 aliphatic carbocycles. The highest BCUT2D eigenvalue weighted by atomic mass is 16.8. The Hall–Kier alpha value is -2.65. The second kappa shape index (κ2) is 9.01. The number of aliphatic hydroxyl groups is 1. The quantitative estimate of drug-likeness (QED) is 0.742. The monoisotopic (exact) mass is 416 g/mol. The van der Waals surface area contributed by atoms with Crippen molar-refractivity contribution in [2.24, 2.45) is 0 Å². The van der Waals surface area contributed by atoms with Crippen LogP contribution in [0, 0.1) is 0 Å². The molecule has 0 amide bonds. The molecule has 8 nitrogen and oxygen atoms in total. The lowest BCUT2D eigenvalue weighted by Gasteiger charge is -2.47. The van der Waals surface area contributed by atoms with Gasteiger partial charge in [-0.05, 0) is 24.3 Å². The lowest BCUT2D eigenvalue weighted by molar-refractivity contribution is -0.350. The molecule has 2 aliphatic rings. The van der Waals surface area contributed by atoms with E-state index in [-0.39, 0.29) is 6.61 Å². The summed E-state index contributed by atoms with van der Waals surface area (Å²) in [4.78, 5) is 11.7. The highest BCUT2D eigenvalue weighted by Gasteiger charge is 2.52. The summed E-state index contributed by atoms with van der Waals surface area (Å²) in [5.41, 5.74) is 0.823. The summed E-state index contributed by atoms with van der Waals surface area (Å²) in [7, 11) is 1.57. The number of hydrogen-bond donors (Lipinski definition) is 1. The predicted octanol–water partition coefficient (Wildman–Crippen LogP) is 2.21. The number of rotatable bonds is 5. The molecule has 30 heavy (non-hydrogen) atoms. The summed E-state index contributed by atoms with van der Waals surface area (Å²) in [5, 5.41) is 10.9. The van der Waals surface area contributed by atoms with Crippen LogP contribution in [0.1, 0.15) is 18.8 Å². The predicted molar refractivity (Wildman–Crippen MR) is 104 cm³/mol. The second-order valence-corrected chi connectivity index (χ2v) is 7.08. The average Bonchev–Trinajstić information content (AvgIpc) is 2.77. The van der Waals surface area contributed by atoms with E-state index in [1.54, 1.807) is 31.4 Å². The number of aliphatic hydroxyl groups excluding tert-OH is 1. The topological polar surface area (TPSA) is 92.7 Å². The fraction of sp³-hybridized carbons (Fsp3) is 0.409. The van der Waals surface area contributed by atoms with E-state index in [9.17, 15) is 9.90 Å². The summed E-state index contributed by atoms with van der Waals surface area (Å²) in [6.45, 7) is 1.47. The number of esters is 1. The summed E-state index contributed by atoms with van der Waals surface area (Å²) < 4.78 is 34.1. The van der Waals surface area contributed by atoms with Gasteiger partial charge in [0, 0.05) is 12.5 Å². The van der Waals surface area contributed by atoms with Gasteiger partial charge in [-0.2, -0.15) is 0 Å². The lowest BCUT2D eigenvalue weighted by Crippen LogP contribution is -2.64. The van der Waals surface area contributed by atoms with E-state index in [1.165, 1.54) is 6.92 Å². The SMILES string of the molecule is COc1ccc(O[C@@H]2OC3COC(c4ccccc4)O[C@@H]3[C@H](OC(C)=O)C2O)cc1. The average molecular weight is 416 g/mol. The molecule has 2 aromatic carbocycles. The van der Waals surface area contributed by atoms with Gasteiger partial charge < -0.3 is 33.5 Å². The molecular weight excluding hydrogens is 392 g/mol. The molecule has 2 fully saturated rings. The van der Waals surface area contributed by atoms with Crippen molar-refractivity contribution >= 4 is 5.97 Å². The first kappa shape index (κ1) is 20.6. The van der Waals surface area contributed by atoms with E-state index in [0.29, 0.717) is 11.5 Å². The van der Waals surface area contributed by atoms with Crippen LogP contribution in [0.4, 0.5) is 0 Å². The maximum absolute atomic E-state index is 11.7. The van der Waals surface area contributed by atoms with Gasteiger partial charge in [0.05, 0.1) is 13.7 Å². The zero-order valence-electron chi connectivity index (χ0n) is 16.7. The molecule has 4 rings (SSSR count). The molecule has 0 spiro atoms. The van der Waals surface area contributed by atoms with Gasteiger partial charge in [0.25, 0.3) is 0 Å². The van der Waals surface area contributed by atoms with Gasteiger partial charge in [0.15, 0.2) is 18.5 Å². The van der Waals surface area contributed by atoms with E-state index in [4.69, 9.17) is 28.4 Å². The van der Waals surface area contributed by atoms with Gasteiger partial charge in [-0.15, -0.1) is 0 Å². The smallest absolute Gasteiger partial charge is 0.303 e. The Bertz CT molecular complexity index is 840. The van der Waals surface area contributed by atoms with Crippen molar-refractivity contribution in [2.45, 2.75) is 43.9 Å². The second-order valence-electron chi connectivity index (χ2n) is 7.08. The van der Waals surface area contributed by atoms with Crippen molar-refractivity contribution in [1.82, 2.24) is 0 Å². The third-order valence-electron chi connectivity index (χ3n) is 4.99. The lowest BCUT2D eigenvalue weighted by atomic mass is 9.97. The number of fused-ring (bicyclic) bond motifs is 1. The van der Waals surface area contributed by atoms with Crippen LogP contribution in [0.2, 0.25) is 0 Å².